The Morgan fingerprint density at radius 3 is 2.53 bits per heavy atom. The minimum Gasteiger partial charge on any atom is -0.447 e. The fourth-order valence-electron chi connectivity index (χ4n) is 4.50. The third-order valence-electron chi connectivity index (χ3n) is 6.66. The highest BCUT2D eigenvalue weighted by molar-refractivity contribution is 7.94. The number of aromatic nitrogens is 3. The summed E-state index contributed by atoms with van der Waals surface area (Å²) in [7, 11) is -3.15. The molecule has 38 heavy (non-hydrogen) atoms. The van der Waals surface area contributed by atoms with Gasteiger partial charge in [0.15, 0.2) is 5.82 Å². The highest BCUT2D eigenvalue weighted by Gasteiger charge is 2.31. The van der Waals surface area contributed by atoms with Crippen molar-refractivity contribution in [1.29, 1.82) is 4.78 Å². The summed E-state index contributed by atoms with van der Waals surface area (Å²) in [6.07, 6.45) is 4.94. The average molecular weight is 559 g/mol. The average Bonchev–Trinajstić information content (AvgIpc) is 3.47. The molecule has 4 rings (SSSR count). The van der Waals surface area contributed by atoms with Crippen LogP contribution in [0.3, 0.4) is 0 Å². The van der Waals surface area contributed by atoms with Crippen molar-refractivity contribution < 1.29 is 13.7 Å². The molecule has 0 bridgehead atoms. The lowest BCUT2D eigenvalue weighted by molar-refractivity contribution is 0.109. The SMILES string of the molecule is Cc1cc(Nc2ccc(-c3cnc(C4CCC(NC(=O)OC(C)C)CC4)s3)c(S(=N)(=O)C(C)(C)C)c2)n[nH]1. The fraction of sp³-hybridized carbons (Fsp3) is 0.519. The molecule has 2 heterocycles. The van der Waals surface area contributed by atoms with Crippen molar-refractivity contribution >= 4 is 38.7 Å². The first-order valence-electron chi connectivity index (χ1n) is 13.0. The number of benzene rings is 1. The summed E-state index contributed by atoms with van der Waals surface area (Å²) < 4.78 is 27.3. The topological polar surface area (TPSA) is 133 Å². The van der Waals surface area contributed by atoms with Gasteiger partial charge in [0.1, 0.15) is 0 Å². The van der Waals surface area contributed by atoms with Crippen LogP contribution in [-0.2, 0) is 14.5 Å². The number of aryl methyl sites for hydroxylation is 1. The fourth-order valence-corrected chi connectivity index (χ4v) is 7.13. The summed E-state index contributed by atoms with van der Waals surface area (Å²) >= 11 is 1.60. The number of thiazole rings is 1. The number of amides is 1. The number of rotatable bonds is 7. The summed E-state index contributed by atoms with van der Waals surface area (Å²) in [6.45, 7) is 11.1. The molecule has 0 radical (unpaired) electrons. The quantitative estimate of drug-likeness (QED) is 0.248. The van der Waals surface area contributed by atoms with E-state index >= 15 is 0 Å². The Morgan fingerprint density at radius 1 is 1.21 bits per heavy atom. The number of H-pyrrole nitrogens is 1. The Kier molecular flexibility index (Phi) is 8.17. The predicted molar refractivity (Wildman–Crippen MR) is 153 cm³/mol. The van der Waals surface area contributed by atoms with Gasteiger partial charge >= 0.3 is 6.09 Å². The Labute approximate surface area is 229 Å². The lowest BCUT2D eigenvalue weighted by atomic mass is 9.86. The first-order chi connectivity index (χ1) is 17.8. The van der Waals surface area contributed by atoms with Gasteiger partial charge in [-0.05, 0) is 79.4 Å². The van der Waals surface area contributed by atoms with E-state index in [-0.39, 0.29) is 18.2 Å². The van der Waals surface area contributed by atoms with Crippen molar-refractivity contribution in [2.75, 3.05) is 5.32 Å². The van der Waals surface area contributed by atoms with Gasteiger partial charge in [-0.3, -0.25) is 5.10 Å². The van der Waals surface area contributed by atoms with E-state index in [9.17, 15) is 9.00 Å². The van der Waals surface area contributed by atoms with Crippen molar-refractivity contribution in [3.63, 3.8) is 0 Å². The van der Waals surface area contributed by atoms with Crippen LogP contribution in [0.5, 0.6) is 0 Å². The van der Waals surface area contributed by atoms with Crippen LogP contribution in [0.15, 0.2) is 35.4 Å². The van der Waals surface area contributed by atoms with E-state index in [2.05, 4.69) is 20.8 Å². The number of carbonyl (C=O) groups excluding carboxylic acids is 1. The second-order valence-corrected chi connectivity index (χ2v) is 15.0. The molecular weight excluding hydrogens is 520 g/mol. The van der Waals surface area contributed by atoms with Gasteiger partial charge in [0.25, 0.3) is 0 Å². The summed E-state index contributed by atoms with van der Waals surface area (Å²) in [5.41, 5.74) is 2.44. The number of nitrogens with zero attached hydrogens (tertiary/aromatic N) is 2. The molecule has 0 spiro atoms. The van der Waals surface area contributed by atoms with Crippen LogP contribution in [0.4, 0.5) is 16.3 Å². The lowest BCUT2D eigenvalue weighted by Gasteiger charge is -2.28. The largest absolute Gasteiger partial charge is 0.447 e. The summed E-state index contributed by atoms with van der Waals surface area (Å²) in [4.78, 5) is 18.1. The molecule has 1 amide bonds. The first-order valence-corrected chi connectivity index (χ1v) is 15.4. The molecule has 1 atom stereocenters. The zero-order valence-electron chi connectivity index (χ0n) is 22.9. The lowest BCUT2D eigenvalue weighted by Crippen LogP contribution is -2.38. The molecule has 0 saturated heterocycles. The van der Waals surface area contributed by atoms with Crippen LogP contribution in [0.1, 0.15) is 76.9 Å². The Bertz CT molecular complexity index is 1380. The number of carbonyl (C=O) groups is 1. The van der Waals surface area contributed by atoms with Gasteiger partial charge in [-0.15, -0.1) is 11.3 Å². The zero-order valence-corrected chi connectivity index (χ0v) is 24.5. The maximum atomic E-state index is 13.9. The summed E-state index contributed by atoms with van der Waals surface area (Å²) in [5, 5.41) is 14.4. The van der Waals surface area contributed by atoms with E-state index in [0.717, 1.165) is 52.5 Å². The molecule has 1 aliphatic rings. The number of aromatic amines is 1. The second kappa shape index (κ2) is 11.1. The van der Waals surface area contributed by atoms with Crippen molar-refractivity contribution in [1.82, 2.24) is 20.5 Å². The standard InChI is InChI=1S/C27H38N6O3S2/c1-16(2)36-26(34)31-19-9-7-18(8-10-19)25-29-15-22(37-25)21-12-11-20(30-24-13-17(3)32-33-24)14-23(21)38(28,35)27(4,5)6/h11-16,18-19,28H,7-10H2,1-6H3,(H,31,34)(H2,30,32,33). The molecule has 1 aliphatic carbocycles. The third kappa shape index (κ3) is 6.37. The number of hydrogen-bond donors (Lipinski definition) is 4. The monoisotopic (exact) mass is 558 g/mol. The molecule has 1 aromatic carbocycles. The van der Waals surface area contributed by atoms with Crippen molar-refractivity contribution in [3.8, 4) is 10.4 Å². The van der Waals surface area contributed by atoms with Crippen LogP contribution in [0, 0.1) is 11.7 Å². The van der Waals surface area contributed by atoms with Gasteiger partial charge in [-0.25, -0.2) is 18.8 Å². The van der Waals surface area contributed by atoms with Crippen LogP contribution < -0.4 is 10.6 Å². The Balaban J connectivity index is 1.55. The minimum atomic E-state index is -3.15. The van der Waals surface area contributed by atoms with E-state index in [1.54, 1.807) is 11.3 Å². The Hall–Kier alpha value is -2.92. The van der Waals surface area contributed by atoms with Gasteiger partial charge in [0.05, 0.1) is 30.6 Å². The number of hydrogen-bond acceptors (Lipinski definition) is 8. The second-order valence-electron chi connectivity index (χ2n) is 11.2. The van der Waals surface area contributed by atoms with Gasteiger partial charge in [0.2, 0.25) is 0 Å². The van der Waals surface area contributed by atoms with Gasteiger partial charge in [0, 0.05) is 45.9 Å². The molecule has 0 aliphatic heterocycles. The molecule has 11 heteroatoms. The predicted octanol–water partition coefficient (Wildman–Crippen LogP) is 6.95. The number of ether oxygens (including phenoxy) is 1. The van der Waals surface area contributed by atoms with Gasteiger partial charge < -0.3 is 15.4 Å². The van der Waals surface area contributed by atoms with Crippen molar-refractivity contribution in [2.24, 2.45) is 0 Å². The van der Waals surface area contributed by atoms with Crippen molar-refractivity contribution in [2.45, 2.75) is 94.9 Å². The molecule has 206 valence electrons. The van der Waals surface area contributed by atoms with Crippen LogP contribution >= 0.6 is 11.3 Å². The van der Waals surface area contributed by atoms with Crippen molar-refractivity contribution in [3.05, 3.63) is 41.2 Å². The molecule has 4 N–H and O–H groups in total. The zero-order chi connectivity index (χ0) is 27.7. The maximum Gasteiger partial charge on any atom is 0.407 e. The molecule has 2 aromatic heterocycles. The molecule has 9 nitrogen and oxygen atoms in total. The first kappa shape index (κ1) is 28.1. The Morgan fingerprint density at radius 2 is 1.92 bits per heavy atom. The van der Waals surface area contributed by atoms with Crippen LogP contribution in [-0.4, -0.2) is 42.4 Å². The number of anilines is 2. The number of alkyl carbamates (subject to hydrolysis) is 1. The summed E-state index contributed by atoms with van der Waals surface area (Å²) in [5.74, 6) is 0.972. The molecular formula is C27H38N6O3S2. The smallest absolute Gasteiger partial charge is 0.407 e. The molecule has 1 fully saturated rings. The van der Waals surface area contributed by atoms with E-state index in [1.165, 1.54) is 0 Å². The van der Waals surface area contributed by atoms with Gasteiger partial charge in [-0.2, -0.15) is 5.10 Å². The summed E-state index contributed by atoms with van der Waals surface area (Å²) in [6, 6.07) is 7.67. The molecule has 1 saturated carbocycles. The highest BCUT2D eigenvalue weighted by atomic mass is 32.2. The highest BCUT2D eigenvalue weighted by Crippen LogP contribution is 2.42. The van der Waals surface area contributed by atoms with Crippen LogP contribution in [0.25, 0.3) is 10.4 Å². The van der Waals surface area contributed by atoms with E-state index in [4.69, 9.17) is 14.5 Å². The van der Waals surface area contributed by atoms with E-state index < -0.39 is 14.5 Å². The number of nitrogens with one attached hydrogen (secondary N) is 4. The van der Waals surface area contributed by atoms with Gasteiger partial charge in [-0.1, -0.05) is 6.07 Å². The minimum absolute atomic E-state index is 0.113. The van der Waals surface area contributed by atoms with E-state index in [0.29, 0.717) is 16.6 Å². The van der Waals surface area contributed by atoms with E-state index in [1.807, 2.05) is 72.0 Å². The molecule has 3 aromatic rings. The normalized spacial score (nSPS) is 19.7. The maximum absolute atomic E-state index is 13.9. The third-order valence-corrected chi connectivity index (χ3v) is 10.5. The molecule has 1 unspecified atom stereocenters. The van der Waals surface area contributed by atoms with Crippen LogP contribution in [0.2, 0.25) is 0 Å².